The molecule has 0 saturated carbocycles. The zero-order chi connectivity index (χ0) is 13.2. The first-order chi connectivity index (χ1) is 9.22. The Balaban J connectivity index is 1.87. The first-order valence-corrected chi connectivity index (χ1v) is 5.74. The molecule has 3 rings (SSSR count). The average molecular weight is 253 g/mol. The Bertz CT molecular complexity index is 754. The SMILES string of the molecule is O=C(/C=C/c1cc2ccc(O)cc2[nH]1)n1ccnc1. The van der Waals surface area contributed by atoms with Gasteiger partial charge < -0.3 is 10.1 Å². The molecule has 0 atom stereocenters. The summed E-state index contributed by atoms with van der Waals surface area (Å²) in [5.41, 5.74) is 1.63. The summed E-state index contributed by atoms with van der Waals surface area (Å²) in [6.07, 6.45) is 7.76. The highest BCUT2D eigenvalue weighted by molar-refractivity contribution is 5.94. The zero-order valence-corrected chi connectivity index (χ0v) is 9.95. The lowest BCUT2D eigenvalue weighted by molar-refractivity contribution is 0.0969. The van der Waals surface area contributed by atoms with E-state index in [1.54, 1.807) is 30.6 Å². The largest absolute Gasteiger partial charge is 0.508 e. The number of rotatable bonds is 2. The van der Waals surface area contributed by atoms with Crippen molar-refractivity contribution in [3.63, 3.8) is 0 Å². The van der Waals surface area contributed by atoms with Gasteiger partial charge in [0.2, 0.25) is 0 Å². The predicted octanol–water partition coefficient (Wildman–Crippen LogP) is 2.42. The third kappa shape index (κ3) is 2.26. The van der Waals surface area contributed by atoms with Crippen LogP contribution in [0.4, 0.5) is 0 Å². The van der Waals surface area contributed by atoms with Gasteiger partial charge in [0, 0.05) is 41.1 Å². The molecule has 0 fully saturated rings. The van der Waals surface area contributed by atoms with Gasteiger partial charge in [-0.15, -0.1) is 0 Å². The number of hydrogen-bond donors (Lipinski definition) is 2. The van der Waals surface area contributed by atoms with Gasteiger partial charge in [0.25, 0.3) is 5.91 Å². The molecule has 0 bridgehead atoms. The number of phenols is 1. The minimum absolute atomic E-state index is 0.168. The molecule has 0 amide bonds. The molecule has 5 nitrogen and oxygen atoms in total. The molecule has 0 unspecified atom stereocenters. The first-order valence-electron chi connectivity index (χ1n) is 5.74. The third-order valence-corrected chi connectivity index (χ3v) is 2.79. The number of carbonyl (C=O) groups is 1. The van der Waals surface area contributed by atoms with Crippen LogP contribution in [-0.4, -0.2) is 25.5 Å². The van der Waals surface area contributed by atoms with E-state index < -0.39 is 0 Å². The standard InChI is InChI=1S/C14H11N3O2/c18-12-3-1-10-7-11(16-13(10)8-12)2-4-14(19)17-6-5-15-9-17/h1-9,16,18H/b4-2+. The number of H-pyrrole nitrogens is 1. The highest BCUT2D eigenvalue weighted by Crippen LogP contribution is 2.20. The summed E-state index contributed by atoms with van der Waals surface area (Å²) < 4.78 is 1.39. The van der Waals surface area contributed by atoms with Crippen molar-refractivity contribution in [2.24, 2.45) is 0 Å². The Morgan fingerprint density at radius 3 is 3.05 bits per heavy atom. The van der Waals surface area contributed by atoms with E-state index in [0.29, 0.717) is 0 Å². The molecule has 5 heteroatoms. The highest BCUT2D eigenvalue weighted by atomic mass is 16.3. The van der Waals surface area contributed by atoms with Crippen LogP contribution in [0.5, 0.6) is 5.75 Å². The molecule has 1 aromatic carbocycles. The summed E-state index contributed by atoms with van der Waals surface area (Å²) in [6.45, 7) is 0. The van der Waals surface area contributed by atoms with Crippen molar-refractivity contribution in [2.75, 3.05) is 0 Å². The third-order valence-electron chi connectivity index (χ3n) is 2.79. The van der Waals surface area contributed by atoms with Crippen molar-refractivity contribution in [1.29, 1.82) is 0 Å². The summed E-state index contributed by atoms with van der Waals surface area (Å²) in [7, 11) is 0. The molecular weight excluding hydrogens is 242 g/mol. The van der Waals surface area contributed by atoms with E-state index in [0.717, 1.165) is 16.6 Å². The number of benzene rings is 1. The van der Waals surface area contributed by atoms with Gasteiger partial charge in [-0.3, -0.25) is 9.36 Å². The Labute approximate surface area is 108 Å². The van der Waals surface area contributed by atoms with Gasteiger partial charge in [0.05, 0.1) is 0 Å². The molecule has 2 aromatic heterocycles. The second-order valence-corrected chi connectivity index (χ2v) is 4.14. The summed E-state index contributed by atoms with van der Waals surface area (Å²) in [6, 6.07) is 6.99. The summed E-state index contributed by atoms with van der Waals surface area (Å²) in [5.74, 6) is 0.0402. The van der Waals surface area contributed by atoms with Gasteiger partial charge in [-0.25, -0.2) is 4.98 Å². The molecule has 0 aliphatic heterocycles. The molecule has 0 radical (unpaired) electrons. The lowest BCUT2D eigenvalue weighted by atomic mass is 10.2. The van der Waals surface area contributed by atoms with Crippen LogP contribution < -0.4 is 0 Å². The number of aromatic nitrogens is 3. The summed E-state index contributed by atoms with van der Waals surface area (Å²) in [5, 5.41) is 10.4. The van der Waals surface area contributed by atoms with E-state index in [4.69, 9.17) is 0 Å². The van der Waals surface area contributed by atoms with Crippen LogP contribution in [0.15, 0.2) is 49.1 Å². The molecular formula is C14H11N3O2. The van der Waals surface area contributed by atoms with Crippen molar-refractivity contribution >= 4 is 22.9 Å². The Kier molecular flexibility index (Phi) is 2.64. The number of fused-ring (bicyclic) bond motifs is 1. The van der Waals surface area contributed by atoms with Gasteiger partial charge >= 0.3 is 0 Å². The van der Waals surface area contributed by atoms with Gasteiger partial charge in [-0.05, 0) is 24.3 Å². The predicted molar refractivity (Wildman–Crippen MR) is 71.9 cm³/mol. The zero-order valence-electron chi connectivity index (χ0n) is 9.95. The van der Waals surface area contributed by atoms with Crippen LogP contribution >= 0.6 is 0 Å². The quantitative estimate of drug-likeness (QED) is 0.689. The van der Waals surface area contributed by atoms with E-state index >= 15 is 0 Å². The minimum atomic E-state index is -0.168. The maximum absolute atomic E-state index is 11.7. The number of allylic oxidation sites excluding steroid dienone is 1. The number of nitrogens with zero attached hydrogens (tertiary/aromatic N) is 2. The second-order valence-electron chi connectivity index (χ2n) is 4.14. The number of aromatic hydroxyl groups is 1. The van der Waals surface area contributed by atoms with Gasteiger partial charge in [0.15, 0.2) is 0 Å². The molecule has 3 aromatic rings. The number of aromatic amines is 1. The average Bonchev–Trinajstić information content (AvgIpc) is 3.04. The number of phenolic OH excluding ortho intramolecular Hbond substituents is 1. The van der Waals surface area contributed by atoms with E-state index in [-0.39, 0.29) is 11.7 Å². The van der Waals surface area contributed by atoms with Crippen molar-refractivity contribution < 1.29 is 9.90 Å². The topological polar surface area (TPSA) is 70.9 Å². The van der Waals surface area contributed by atoms with Gasteiger partial charge in [-0.1, -0.05) is 0 Å². The number of carbonyl (C=O) groups excluding carboxylic acids is 1. The van der Waals surface area contributed by atoms with Crippen molar-refractivity contribution in [3.8, 4) is 5.75 Å². The van der Waals surface area contributed by atoms with Gasteiger partial charge in [-0.2, -0.15) is 0 Å². The number of nitrogens with one attached hydrogen (secondary N) is 1. The lowest BCUT2D eigenvalue weighted by Crippen LogP contribution is -2.03. The fraction of sp³-hybridized carbons (Fsp3) is 0. The minimum Gasteiger partial charge on any atom is -0.508 e. The van der Waals surface area contributed by atoms with Crippen molar-refractivity contribution in [3.05, 3.63) is 54.8 Å². The van der Waals surface area contributed by atoms with Crippen LogP contribution in [0, 0.1) is 0 Å². The smallest absolute Gasteiger partial charge is 0.255 e. The lowest BCUT2D eigenvalue weighted by Gasteiger charge is -1.92. The second kappa shape index (κ2) is 4.45. The molecule has 0 saturated heterocycles. The molecule has 94 valence electrons. The number of imidazole rings is 1. The molecule has 19 heavy (non-hydrogen) atoms. The van der Waals surface area contributed by atoms with Gasteiger partial charge in [0.1, 0.15) is 12.1 Å². The molecule has 0 aliphatic rings. The number of hydrogen-bond acceptors (Lipinski definition) is 3. The van der Waals surface area contributed by atoms with E-state index in [9.17, 15) is 9.90 Å². The van der Waals surface area contributed by atoms with Crippen LogP contribution in [0.1, 0.15) is 10.5 Å². The fourth-order valence-corrected chi connectivity index (χ4v) is 1.86. The molecule has 0 spiro atoms. The van der Waals surface area contributed by atoms with Crippen LogP contribution in [0.3, 0.4) is 0 Å². The molecule has 2 N–H and O–H groups in total. The maximum atomic E-state index is 11.7. The van der Waals surface area contributed by atoms with E-state index in [2.05, 4.69) is 9.97 Å². The Morgan fingerprint density at radius 2 is 2.26 bits per heavy atom. The first kappa shape index (κ1) is 11.3. The van der Waals surface area contributed by atoms with E-state index in [1.807, 2.05) is 12.1 Å². The van der Waals surface area contributed by atoms with Crippen LogP contribution in [0.2, 0.25) is 0 Å². The molecule has 0 aliphatic carbocycles. The monoisotopic (exact) mass is 253 g/mol. The maximum Gasteiger partial charge on any atom is 0.255 e. The van der Waals surface area contributed by atoms with Crippen LogP contribution in [0.25, 0.3) is 17.0 Å². The summed E-state index contributed by atoms with van der Waals surface area (Å²) in [4.78, 5) is 18.7. The van der Waals surface area contributed by atoms with E-state index in [1.165, 1.54) is 17.0 Å². The van der Waals surface area contributed by atoms with Crippen LogP contribution in [-0.2, 0) is 0 Å². The van der Waals surface area contributed by atoms with Crippen molar-refractivity contribution in [1.82, 2.24) is 14.5 Å². The Morgan fingerprint density at radius 1 is 1.37 bits per heavy atom. The Hall–Kier alpha value is -2.82. The normalized spacial score (nSPS) is 11.4. The fourth-order valence-electron chi connectivity index (χ4n) is 1.86. The van der Waals surface area contributed by atoms with Crippen molar-refractivity contribution in [2.45, 2.75) is 0 Å². The summed E-state index contributed by atoms with van der Waals surface area (Å²) >= 11 is 0. The molecule has 2 heterocycles. The highest BCUT2D eigenvalue weighted by Gasteiger charge is 2.01.